The van der Waals surface area contributed by atoms with E-state index in [4.69, 9.17) is 14.2 Å². The molecule has 0 atom stereocenters. The van der Waals surface area contributed by atoms with Crippen molar-refractivity contribution in [3.8, 4) is 11.5 Å². The molecule has 2 rings (SSSR count). The highest BCUT2D eigenvalue weighted by Crippen LogP contribution is 2.32. The lowest BCUT2D eigenvalue weighted by Gasteiger charge is -2.29. The Morgan fingerprint density at radius 3 is 2.46 bits per heavy atom. The molecule has 158 valence electrons. The van der Waals surface area contributed by atoms with Gasteiger partial charge in [-0.3, -0.25) is 4.99 Å². The summed E-state index contributed by atoms with van der Waals surface area (Å²) in [5.41, 5.74) is 0.00227. The Bertz CT molecular complexity index is 702. The predicted octanol–water partition coefficient (Wildman–Crippen LogP) is 3.00. The molecular weight excluding hydrogens is 475 g/mol. The summed E-state index contributed by atoms with van der Waals surface area (Å²) in [6.45, 7) is 10.6. The number of alkyl carbamates (subject to hydrolysis) is 1. The van der Waals surface area contributed by atoms with Crippen molar-refractivity contribution in [3.05, 3.63) is 23.8 Å². The number of hydrogen-bond acceptors (Lipinski definition) is 5. The largest absolute Gasteiger partial charge is 0.454 e. The maximum Gasteiger partial charge on any atom is 0.408 e. The fourth-order valence-corrected chi connectivity index (χ4v) is 2.39. The minimum absolute atomic E-state index is 0. The molecule has 0 saturated heterocycles. The molecule has 0 bridgehead atoms. The van der Waals surface area contributed by atoms with E-state index in [0.717, 1.165) is 17.1 Å². The minimum Gasteiger partial charge on any atom is -0.454 e. The predicted molar refractivity (Wildman–Crippen MR) is 120 cm³/mol. The molecular formula is C19H31IN4O4. The minimum atomic E-state index is -0.532. The van der Waals surface area contributed by atoms with Crippen molar-refractivity contribution in [1.82, 2.24) is 16.0 Å². The van der Waals surface area contributed by atoms with Crippen LogP contribution in [0.5, 0.6) is 11.5 Å². The molecule has 1 amide bonds. The topological polar surface area (TPSA) is 93.2 Å². The summed E-state index contributed by atoms with van der Waals surface area (Å²) in [5, 5.41) is 9.31. The summed E-state index contributed by atoms with van der Waals surface area (Å²) in [5.74, 6) is 2.14. The van der Waals surface area contributed by atoms with E-state index in [9.17, 15) is 4.79 Å². The Morgan fingerprint density at radius 2 is 1.82 bits per heavy atom. The molecule has 28 heavy (non-hydrogen) atoms. The van der Waals surface area contributed by atoms with Crippen molar-refractivity contribution in [2.24, 2.45) is 4.99 Å². The summed E-state index contributed by atoms with van der Waals surface area (Å²) >= 11 is 0. The van der Waals surface area contributed by atoms with Gasteiger partial charge >= 0.3 is 6.09 Å². The van der Waals surface area contributed by atoms with Crippen molar-refractivity contribution < 1.29 is 19.0 Å². The van der Waals surface area contributed by atoms with Gasteiger partial charge in [0, 0.05) is 20.1 Å². The van der Waals surface area contributed by atoms with E-state index in [-0.39, 0.29) is 30.8 Å². The monoisotopic (exact) mass is 506 g/mol. The first kappa shape index (κ1) is 24.1. The highest BCUT2D eigenvalue weighted by Gasteiger charge is 2.24. The van der Waals surface area contributed by atoms with Crippen LogP contribution in [0.15, 0.2) is 23.2 Å². The zero-order chi connectivity index (χ0) is 20.1. The summed E-state index contributed by atoms with van der Waals surface area (Å²) in [6.07, 6.45) is -0.447. The number of halogens is 1. The van der Waals surface area contributed by atoms with Gasteiger partial charge in [0.2, 0.25) is 6.79 Å². The molecule has 1 aliphatic rings. The number of nitrogens with zero attached hydrogens (tertiary/aromatic N) is 1. The van der Waals surface area contributed by atoms with Crippen LogP contribution in [0.1, 0.15) is 40.2 Å². The number of fused-ring (bicyclic) bond motifs is 1. The van der Waals surface area contributed by atoms with Crippen LogP contribution < -0.4 is 25.4 Å². The molecule has 3 N–H and O–H groups in total. The molecule has 8 nitrogen and oxygen atoms in total. The van der Waals surface area contributed by atoms with E-state index in [1.54, 1.807) is 7.05 Å². The molecule has 0 fully saturated rings. The number of carbonyl (C=O) groups excluding carboxylic acids is 1. The van der Waals surface area contributed by atoms with Gasteiger partial charge in [-0.15, -0.1) is 24.0 Å². The third-order valence-electron chi connectivity index (χ3n) is 3.66. The molecule has 1 aromatic carbocycles. The number of aliphatic imine (C=N–C) groups is 1. The molecule has 0 aliphatic carbocycles. The van der Waals surface area contributed by atoms with Crippen LogP contribution in [0, 0.1) is 0 Å². The lowest BCUT2D eigenvalue weighted by molar-refractivity contribution is 0.0474. The van der Waals surface area contributed by atoms with E-state index in [0.29, 0.717) is 19.0 Å². The first-order valence-electron chi connectivity index (χ1n) is 8.92. The summed E-state index contributed by atoms with van der Waals surface area (Å²) in [4.78, 5) is 16.2. The van der Waals surface area contributed by atoms with Crippen LogP contribution in [0.3, 0.4) is 0 Å². The quantitative estimate of drug-likeness (QED) is 0.323. The van der Waals surface area contributed by atoms with E-state index in [1.165, 1.54) is 0 Å². The average molecular weight is 506 g/mol. The van der Waals surface area contributed by atoms with Gasteiger partial charge in [0.25, 0.3) is 0 Å². The van der Waals surface area contributed by atoms with Crippen molar-refractivity contribution >= 4 is 36.0 Å². The SMILES string of the molecule is CN=C(NCc1ccc2c(c1)OCO2)NCC(C)(C)NC(=O)OC(C)(C)C.I. The second-order valence-corrected chi connectivity index (χ2v) is 7.98. The fraction of sp³-hybridized carbons (Fsp3) is 0.579. The van der Waals surface area contributed by atoms with Crippen LogP contribution >= 0.6 is 24.0 Å². The highest BCUT2D eigenvalue weighted by atomic mass is 127. The third kappa shape index (κ3) is 7.99. The Balaban J connectivity index is 0.00000392. The molecule has 0 aromatic heterocycles. The van der Waals surface area contributed by atoms with Crippen LogP contribution in [0.25, 0.3) is 0 Å². The number of ether oxygens (including phenoxy) is 3. The van der Waals surface area contributed by atoms with Gasteiger partial charge in [0.15, 0.2) is 17.5 Å². The smallest absolute Gasteiger partial charge is 0.408 e. The Hall–Kier alpha value is -1.91. The molecule has 0 spiro atoms. The Morgan fingerprint density at radius 1 is 1.14 bits per heavy atom. The van der Waals surface area contributed by atoms with Crippen LogP contribution in [-0.4, -0.2) is 43.6 Å². The zero-order valence-corrected chi connectivity index (χ0v) is 19.7. The first-order chi connectivity index (χ1) is 12.6. The van der Waals surface area contributed by atoms with E-state index < -0.39 is 17.2 Å². The third-order valence-corrected chi connectivity index (χ3v) is 3.66. The molecule has 0 saturated carbocycles. The molecule has 0 radical (unpaired) electrons. The standard InChI is InChI=1S/C19H30N4O4.HI/c1-18(2,3)27-17(24)23-19(4,5)11-22-16(20-6)21-10-13-7-8-14-15(9-13)26-12-25-14;/h7-9H,10-12H2,1-6H3,(H,23,24)(H2,20,21,22);1H. The normalized spacial score (nSPS) is 13.4. The van der Waals surface area contributed by atoms with Crippen molar-refractivity contribution in [2.75, 3.05) is 20.4 Å². The van der Waals surface area contributed by atoms with Crippen molar-refractivity contribution in [3.63, 3.8) is 0 Å². The number of nitrogens with one attached hydrogen (secondary N) is 3. The molecule has 1 aliphatic heterocycles. The number of benzene rings is 1. The lowest BCUT2D eigenvalue weighted by Crippen LogP contribution is -2.54. The fourth-order valence-electron chi connectivity index (χ4n) is 2.39. The number of amides is 1. The summed E-state index contributed by atoms with van der Waals surface area (Å²) in [6, 6.07) is 5.81. The van der Waals surface area contributed by atoms with E-state index in [2.05, 4.69) is 20.9 Å². The zero-order valence-electron chi connectivity index (χ0n) is 17.3. The number of hydrogen-bond donors (Lipinski definition) is 3. The maximum atomic E-state index is 12.0. The average Bonchev–Trinajstić information content (AvgIpc) is 3.00. The van der Waals surface area contributed by atoms with Gasteiger partial charge in [-0.1, -0.05) is 6.07 Å². The summed E-state index contributed by atoms with van der Waals surface area (Å²) in [7, 11) is 1.70. The van der Waals surface area contributed by atoms with Gasteiger partial charge in [0.05, 0.1) is 5.54 Å². The number of carbonyl (C=O) groups is 1. The molecule has 1 heterocycles. The van der Waals surface area contributed by atoms with E-state index >= 15 is 0 Å². The van der Waals surface area contributed by atoms with Crippen LogP contribution in [0.2, 0.25) is 0 Å². The summed E-state index contributed by atoms with van der Waals surface area (Å²) < 4.78 is 16.0. The van der Waals surface area contributed by atoms with Crippen molar-refractivity contribution in [1.29, 1.82) is 0 Å². The van der Waals surface area contributed by atoms with Crippen LogP contribution in [-0.2, 0) is 11.3 Å². The molecule has 1 aromatic rings. The first-order valence-corrected chi connectivity index (χ1v) is 8.92. The molecule has 9 heteroatoms. The second kappa shape index (κ2) is 10.0. The molecule has 0 unspecified atom stereocenters. The van der Waals surface area contributed by atoms with Crippen LogP contribution in [0.4, 0.5) is 4.79 Å². The van der Waals surface area contributed by atoms with E-state index in [1.807, 2.05) is 52.8 Å². The number of guanidine groups is 1. The Kier molecular flexibility index (Phi) is 8.65. The van der Waals surface area contributed by atoms with Gasteiger partial charge in [0.1, 0.15) is 5.60 Å². The van der Waals surface area contributed by atoms with Crippen molar-refractivity contribution in [2.45, 2.75) is 52.3 Å². The lowest BCUT2D eigenvalue weighted by atomic mass is 10.1. The second-order valence-electron chi connectivity index (χ2n) is 7.98. The number of rotatable bonds is 5. The van der Waals surface area contributed by atoms with Gasteiger partial charge < -0.3 is 30.2 Å². The maximum absolute atomic E-state index is 12.0. The Labute approximate surface area is 183 Å². The van der Waals surface area contributed by atoms with Gasteiger partial charge in [-0.05, 0) is 52.3 Å². The van der Waals surface area contributed by atoms with Gasteiger partial charge in [-0.25, -0.2) is 4.79 Å². The van der Waals surface area contributed by atoms with Gasteiger partial charge in [-0.2, -0.15) is 0 Å². The highest BCUT2D eigenvalue weighted by molar-refractivity contribution is 14.0.